The maximum Gasteiger partial charge on any atom is 0.271 e. The summed E-state index contributed by atoms with van der Waals surface area (Å²) in [5.41, 5.74) is 3.66. The van der Waals surface area contributed by atoms with Crippen LogP contribution in [0.3, 0.4) is 0 Å². The van der Waals surface area contributed by atoms with Gasteiger partial charge in [0.25, 0.3) is 5.91 Å². The van der Waals surface area contributed by atoms with Crippen molar-refractivity contribution >= 4 is 34.6 Å². The molecule has 128 valence electrons. The van der Waals surface area contributed by atoms with Crippen LogP contribution in [-0.4, -0.2) is 24.8 Å². The van der Waals surface area contributed by atoms with Gasteiger partial charge in [-0.1, -0.05) is 11.6 Å². The number of carbonyl (C=O) groups is 1. The largest absolute Gasteiger partial charge is 0.493 e. The van der Waals surface area contributed by atoms with Crippen LogP contribution in [0.15, 0.2) is 35.4 Å². The van der Waals surface area contributed by atoms with Gasteiger partial charge in [-0.25, -0.2) is 5.43 Å². The zero-order valence-corrected chi connectivity index (χ0v) is 15.5. The van der Waals surface area contributed by atoms with E-state index in [2.05, 4.69) is 10.5 Å². The second-order valence-electron chi connectivity index (χ2n) is 5.27. The van der Waals surface area contributed by atoms with Gasteiger partial charge >= 0.3 is 0 Å². The number of methoxy groups -OCH3 is 1. The minimum atomic E-state index is -0.327. The lowest BCUT2D eigenvalue weighted by Crippen LogP contribution is -2.19. The van der Waals surface area contributed by atoms with Crippen LogP contribution in [0, 0.1) is 0 Å². The van der Waals surface area contributed by atoms with Gasteiger partial charge in [-0.3, -0.25) is 4.79 Å². The summed E-state index contributed by atoms with van der Waals surface area (Å²) >= 11 is 7.30. The molecule has 0 bridgehead atoms. The van der Waals surface area contributed by atoms with Gasteiger partial charge in [0.05, 0.1) is 28.1 Å². The topological polar surface area (TPSA) is 59.9 Å². The summed E-state index contributed by atoms with van der Waals surface area (Å²) in [6.45, 7) is 5.66. The van der Waals surface area contributed by atoms with Gasteiger partial charge in [0, 0.05) is 5.56 Å². The van der Waals surface area contributed by atoms with Crippen molar-refractivity contribution < 1.29 is 14.3 Å². The van der Waals surface area contributed by atoms with Crippen molar-refractivity contribution in [3.8, 4) is 11.5 Å². The molecule has 1 amide bonds. The first-order valence-corrected chi connectivity index (χ1v) is 8.55. The average Bonchev–Trinajstić information content (AvgIpc) is 2.98. The Hall–Kier alpha value is -2.05. The molecule has 0 atom stereocenters. The molecule has 0 unspecified atom stereocenters. The molecule has 1 N–H and O–H groups in total. The van der Waals surface area contributed by atoms with Gasteiger partial charge in [0.15, 0.2) is 11.5 Å². The second-order valence-corrected chi connectivity index (χ2v) is 6.99. The lowest BCUT2D eigenvalue weighted by molar-refractivity contribution is 0.0954. The fourth-order valence-electron chi connectivity index (χ4n) is 1.92. The van der Waals surface area contributed by atoms with Crippen LogP contribution >= 0.6 is 22.9 Å². The van der Waals surface area contributed by atoms with Crippen LogP contribution in [0.2, 0.25) is 4.34 Å². The van der Waals surface area contributed by atoms with E-state index in [-0.39, 0.29) is 12.0 Å². The Morgan fingerprint density at radius 2 is 2.00 bits per heavy atom. The normalized spacial score (nSPS) is 11.5. The Morgan fingerprint density at radius 3 is 2.58 bits per heavy atom. The lowest BCUT2D eigenvalue weighted by Gasteiger charge is -2.14. The van der Waals surface area contributed by atoms with E-state index in [1.54, 1.807) is 24.3 Å². The molecule has 1 aromatic carbocycles. The standard InChI is InChI=1S/C17H19ClN2O3S/c1-10(2)23-13-6-5-12(9-14(13)22-4)17(21)20-19-11(3)15-7-8-16(18)24-15/h5-10H,1-4H3,(H,20,21)/b19-11+. The van der Waals surface area contributed by atoms with E-state index >= 15 is 0 Å². The van der Waals surface area contributed by atoms with Gasteiger partial charge in [0.1, 0.15) is 0 Å². The zero-order valence-electron chi connectivity index (χ0n) is 13.9. The SMILES string of the molecule is COc1cc(C(=O)N/N=C(\C)c2ccc(Cl)s2)ccc1OC(C)C. The van der Waals surface area contributed by atoms with E-state index in [4.69, 9.17) is 21.1 Å². The minimum Gasteiger partial charge on any atom is -0.493 e. The van der Waals surface area contributed by atoms with E-state index in [1.807, 2.05) is 26.8 Å². The molecular weight excluding hydrogens is 348 g/mol. The Balaban J connectivity index is 2.12. The van der Waals surface area contributed by atoms with Gasteiger partial charge in [-0.05, 0) is 51.1 Å². The number of rotatable bonds is 6. The van der Waals surface area contributed by atoms with Crippen LogP contribution in [0.1, 0.15) is 36.0 Å². The number of benzene rings is 1. The predicted octanol–water partition coefficient (Wildman–Crippen LogP) is 4.35. The van der Waals surface area contributed by atoms with E-state index in [0.717, 1.165) is 4.88 Å². The molecular formula is C17H19ClN2O3S. The fourth-order valence-corrected chi connectivity index (χ4v) is 2.91. The third kappa shape index (κ3) is 4.72. The summed E-state index contributed by atoms with van der Waals surface area (Å²) in [4.78, 5) is 13.2. The molecule has 0 aliphatic heterocycles. The van der Waals surface area contributed by atoms with E-state index in [9.17, 15) is 4.79 Å². The number of hydrogen-bond donors (Lipinski definition) is 1. The summed E-state index contributed by atoms with van der Waals surface area (Å²) in [5, 5.41) is 4.11. The fraction of sp³-hybridized carbons (Fsp3) is 0.294. The number of carbonyl (C=O) groups excluding carboxylic acids is 1. The monoisotopic (exact) mass is 366 g/mol. The molecule has 0 aliphatic carbocycles. The highest BCUT2D eigenvalue weighted by Gasteiger charge is 2.12. The van der Waals surface area contributed by atoms with Crippen molar-refractivity contribution in [3.63, 3.8) is 0 Å². The molecule has 2 aromatic rings. The quantitative estimate of drug-likeness (QED) is 0.610. The number of nitrogens with one attached hydrogen (secondary N) is 1. The summed E-state index contributed by atoms with van der Waals surface area (Å²) in [6.07, 6.45) is 0.0171. The molecule has 2 rings (SSSR count). The maximum atomic E-state index is 12.3. The highest BCUT2D eigenvalue weighted by atomic mass is 35.5. The Morgan fingerprint density at radius 1 is 1.25 bits per heavy atom. The summed E-state index contributed by atoms with van der Waals surface area (Å²) in [5.74, 6) is 0.769. The van der Waals surface area contributed by atoms with E-state index in [0.29, 0.717) is 27.1 Å². The Labute approximate surface area is 150 Å². The smallest absolute Gasteiger partial charge is 0.271 e. The highest BCUT2D eigenvalue weighted by molar-refractivity contribution is 7.18. The molecule has 0 radical (unpaired) electrons. The molecule has 7 heteroatoms. The molecule has 1 aromatic heterocycles. The van der Waals surface area contributed by atoms with Crippen LogP contribution in [-0.2, 0) is 0 Å². The summed E-state index contributed by atoms with van der Waals surface area (Å²) in [7, 11) is 1.53. The summed E-state index contributed by atoms with van der Waals surface area (Å²) in [6, 6.07) is 8.66. The maximum absolute atomic E-state index is 12.3. The third-order valence-corrected chi connectivity index (χ3v) is 4.38. The van der Waals surface area contributed by atoms with Crippen molar-refractivity contribution in [1.29, 1.82) is 0 Å². The third-order valence-electron chi connectivity index (χ3n) is 3.04. The predicted molar refractivity (Wildman–Crippen MR) is 97.8 cm³/mol. The molecule has 5 nitrogen and oxygen atoms in total. The Kier molecular flexibility index (Phi) is 6.23. The lowest BCUT2D eigenvalue weighted by atomic mass is 10.2. The molecule has 1 heterocycles. The molecule has 0 spiro atoms. The van der Waals surface area contributed by atoms with Crippen LogP contribution in [0.25, 0.3) is 0 Å². The number of thiophene rings is 1. The molecule has 0 fully saturated rings. The first kappa shape index (κ1) is 18.3. The first-order chi connectivity index (χ1) is 11.4. The molecule has 24 heavy (non-hydrogen) atoms. The van der Waals surface area contributed by atoms with Crippen LogP contribution in [0.4, 0.5) is 0 Å². The van der Waals surface area contributed by atoms with Crippen molar-refractivity contribution in [2.45, 2.75) is 26.9 Å². The van der Waals surface area contributed by atoms with Gasteiger partial charge in [0.2, 0.25) is 0 Å². The minimum absolute atomic E-state index is 0.0171. The number of hydrogen-bond acceptors (Lipinski definition) is 5. The zero-order chi connectivity index (χ0) is 17.7. The van der Waals surface area contributed by atoms with Crippen molar-refractivity contribution in [2.75, 3.05) is 7.11 Å². The number of halogens is 1. The van der Waals surface area contributed by atoms with Gasteiger partial charge < -0.3 is 9.47 Å². The van der Waals surface area contributed by atoms with Crippen molar-refractivity contribution in [2.24, 2.45) is 5.10 Å². The van der Waals surface area contributed by atoms with Crippen molar-refractivity contribution in [3.05, 3.63) is 45.1 Å². The number of nitrogens with zero attached hydrogens (tertiary/aromatic N) is 1. The Bertz CT molecular complexity index is 756. The van der Waals surface area contributed by atoms with Gasteiger partial charge in [-0.2, -0.15) is 5.10 Å². The second kappa shape index (κ2) is 8.17. The summed E-state index contributed by atoms with van der Waals surface area (Å²) < 4.78 is 11.6. The molecule has 0 aliphatic rings. The van der Waals surface area contributed by atoms with E-state index < -0.39 is 0 Å². The molecule has 0 saturated carbocycles. The highest BCUT2D eigenvalue weighted by Crippen LogP contribution is 2.29. The number of amides is 1. The van der Waals surface area contributed by atoms with Crippen LogP contribution < -0.4 is 14.9 Å². The van der Waals surface area contributed by atoms with Crippen molar-refractivity contribution in [1.82, 2.24) is 5.43 Å². The van der Waals surface area contributed by atoms with Crippen LogP contribution in [0.5, 0.6) is 11.5 Å². The van der Waals surface area contributed by atoms with E-state index in [1.165, 1.54) is 18.4 Å². The molecule has 0 saturated heterocycles. The van der Waals surface area contributed by atoms with Gasteiger partial charge in [-0.15, -0.1) is 11.3 Å². The number of hydrazone groups is 1. The number of ether oxygens (including phenoxy) is 2. The first-order valence-electron chi connectivity index (χ1n) is 7.35. The average molecular weight is 367 g/mol.